The number of para-hydroxylation sites is 2. The summed E-state index contributed by atoms with van der Waals surface area (Å²) in [6, 6.07) is 11.8. The Morgan fingerprint density at radius 1 is 1.20 bits per heavy atom. The van der Waals surface area contributed by atoms with Crippen molar-refractivity contribution in [3.05, 3.63) is 59.3 Å². The van der Waals surface area contributed by atoms with E-state index in [1.165, 1.54) is 5.56 Å². The summed E-state index contributed by atoms with van der Waals surface area (Å²) in [5.41, 5.74) is 4.10. The summed E-state index contributed by atoms with van der Waals surface area (Å²) in [5, 5.41) is 10.5. The van der Waals surface area contributed by atoms with E-state index >= 15 is 0 Å². The number of carbonyl (C=O) groups is 1. The zero-order chi connectivity index (χ0) is 17.4. The molecule has 0 radical (unpaired) electrons. The monoisotopic (exact) mass is 337 g/mol. The number of hydrogen-bond donors (Lipinski definition) is 2. The van der Waals surface area contributed by atoms with Crippen molar-refractivity contribution in [2.45, 2.75) is 25.7 Å². The lowest BCUT2D eigenvalue weighted by Gasteiger charge is -2.17. The number of rotatable bonds is 5. The van der Waals surface area contributed by atoms with E-state index in [1.54, 1.807) is 0 Å². The third-order valence-corrected chi connectivity index (χ3v) is 4.77. The molecule has 0 saturated carbocycles. The molecule has 0 saturated heterocycles. The fourth-order valence-electron chi connectivity index (χ4n) is 3.61. The van der Waals surface area contributed by atoms with E-state index in [2.05, 4.69) is 18.0 Å². The molecular formula is C20H19NO4. The second-order valence-electron chi connectivity index (χ2n) is 6.17. The van der Waals surface area contributed by atoms with Crippen molar-refractivity contribution in [1.82, 2.24) is 4.98 Å². The zero-order valence-electron chi connectivity index (χ0n) is 13.9. The number of carboxylic acid groups (broad SMARTS) is 1. The van der Waals surface area contributed by atoms with Gasteiger partial charge in [0.15, 0.2) is 11.5 Å². The molecule has 1 aromatic heterocycles. The first-order valence-electron chi connectivity index (χ1n) is 8.38. The van der Waals surface area contributed by atoms with E-state index in [0.717, 1.165) is 28.5 Å². The van der Waals surface area contributed by atoms with Crippen LogP contribution in [0.4, 0.5) is 0 Å². The van der Waals surface area contributed by atoms with Crippen LogP contribution in [0.15, 0.2) is 42.6 Å². The van der Waals surface area contributed by atoms with E-state index in [9.17, 15) is 9.90 Å². The second-order valence-corrected chi connectivity index (χ2v) is 6.17. The molecule has 5 heteroatoms. The average molecular weight is 337 g/mol. The first-order chi connectivity index (χ1) is 12.2. The van der Waals surface area contributed by atoms with Gasteiger partial charge in [0.2, 0.25) is 6.79 Å². The Hall–Kier alpha value is -2.95. The maximum absolute atomic E-state index is 11.6. The molecule has 128 valence electrons. The minimum Gasteiger partial charge on any atom is -0.481 e. The molecule has 1 aliphatic rings. The topological polar surface area (TPSA) is 71.6 Å². The molecule has 5 nitrogen and oxygen atoms in total. The molecular weight excluding hydrogens is 318 g/mol. The molecule has 2 N–H and O–H groups in total. The minimum atomic E-state index is -0.845. The number of aryl methyl sites for hydroxylation is 1. The van der Waals surface area contributed by atoms with Crippen molar-refractivity contribution in [2.75, 3.05) is 6.79 Å². The summed E-state index contributed by atoms with van der Waals surface area (Å²) in [7, 11) is 0. The van der Waals surface area contributed by atoms with E-state index in [-0.39, 0.29) is 19.1 Å². The van der Waals surface area contributed by atoms with Gasteiger partial charge in [-0.2, -0.15) is 0 Å². The third kappa shape index (κ3) is 2.61. The van der Waals surface area contributed by atoms with Crippen molar-refractivity contribution in [3.8, 4) is 11.5 Å². The maximum atomic E-state index is 11.6. The quantitative estimate of drug-likeness (QED) is 0.736. The smallest absolute Gasteiger partial charge is 0.304 e. The molecule has 0 aliphatic carbocycles. The van der Waals surface area contributed by atoms with Crippen LogP contribution in [0.5, 0.6) is 11.5 Å². The van der Waals surface area contributed by atoms with Gasteiger partial charge in [0.1, 0.15) is 0 Å². The van der Waals surface area contributed by atoms with Crippen molar-refractivity contribution in [2.24, 2.45) is 0 Å². The molecule has 4 rings (SSSR count). The van der Waals surface area contributed by atoms with Crippen molar-refractivity contribution in [3.63, 3.8) is 0 Å². The predicted octanol–water partition coefficient (Wildman–Crippen LogP) is 4.07. The molecule has 1 atom stereocenters. The Bertz CT molecular complexity index is 944. The van der Waals surface area contributed by atoms with Crippen molar-refractivity contribution >= 4 is 16.9 Å². The largest absolute Gasteiger partial charge is 0.481 e. The molecule has 0 bridgehead atoms. The number of hydrogen-bond acceptors (Lipinski definition) is 3. The van der Waals surface area contributed by atoms with Gasteiger partial charge in [-0.15, -0.1) is 0 Å². The zero-order valence-corrected chi connectivity index (χ0v) is 13.9. The number of carboxylic acids is 1. The second kappa shape index (κ2) is 6.16. The van der Waals surface area contributed by atoms with Crippen LogP contribution in [-0.4, -0.2) is 22.9 Å². The Kier molecular flexibility index (Phi) is 3.84. The van der Waals surface area contributed by atoms with E-state index in [4.69, 9.17) is 9.47 Å². The molecule has 0 amide bonds. The average Bonchev–Trinajstić information content (AvgIpc) is 3.25. The van der Waals surface area contributed by atoms with E-state index in [1.807, 2.05) is 36.5 Å². The van der Waals surface area contributed by atoms with Crippen LogP contribution in [0.1, 0.15) is 36.0 Å². The Labute approximate surface area is 145 Å². The Morgan fingerprint density at radius 2 is 2.04 bits per heavy atom. The highest BCUT2D eigenvalue weighted by Gasteiger charge is 2.28. The molecule has 25 heavy (non-hydrogen) atoms. The molecule has 1 aliphatic heterocycles. The standard InChI is InChI=1S/C20H19NO4/c1-2-12-5-3-6-13-16(10-21-19(12)13)15(9-18(22)23)14-7-4-8-17-20(14)25-11-24-17/h3-8,10,15,21H,2,9,11H2,1H3,(H,22,23). The summed E-state index contributed by atoms with van der Waals surface area (Å²) >= 11 is 0. The molecule has 0 fully saturated rings. The van der Waals surface area contributed by atoms with Gasteiger partial charge in [-0.1, -0.05) is 37.3 Å². The van der Waals surface area contributed by atoms with Crippen molar-refractivity contribution < 1.29 is 19.4 Å². The Balaban J connectivity index is 1.89. The lowest BCUT2D eigenvalue weighted by atomic mass is 9.87. The number of H-pyrrole nitrogens is 1. The van der Waals surface area contributed by atoms with Gasteiger partial charge in [0, 0.05) is 28.6 Å². The maximum Gasteiger partial charge on any atom is 0.304 e. The number of ether oxygens (including phenoxy) is 2. The minimum absolute atomic E-state index is 0.0108. The summed E-state index contributed by atoms with van der Waals surface area (Å²) < 4.78 is 11.1. The van der Waals surface area contributed by atoms with Crippen LogP contribution in [0.25, 0.3) is 10.9 Å². The molecule has 1 unspecified atom stereocenters. The van der Waals surface area contributed by atoms with Gasteiger partial charge in [-0.05, 0) is 23.6 Å². The predicted molar refractivity (Wildman–Crippen MR) is 94.3 cm³/mol. The van der Waals surface area contributed by atoms with Crippen LogP contribution >= 0.6 is 0 Å². The van der Waals surface area contributed by atoms with Crippen LogP contribution in [0, 0.1) is 0 Å². The molecule has 2 heterocycles. The number of aromatic nitrogens is 1. The van der Waals surface area contributed by atoms with Crippen LogP contribution < -0.4 is 9.47 Å². The van der Waals surface area contributed by atoms with Gasteiger partial charge >= 0.3 is 5.97 Å². The van der Waals surface area contributed by atoms with E-state index < -0.39 is 5.97 Å². The molecule has 3 aromatic rings. The van der Waals surface area contributed by atoms with Crippen LogP contribution in [-0.2, 0) is 11.2 Å². The van der Waals surface area contributed by atoms with Crippen LogP contribution in [0.2, 0.25) is 0 Å². The lowest BCUT2D eigenvalue weighted by molar-refractivity contribution is -0.137. The normalized spacial score (nSPS) is 14.0. The van der Waals surface area contributed by atoms with Crippen LogP contribution in [0.3, 0.4) is 0 Å². The first-order valence-corrected chi connectivity index (χ1v) is 8.38. The Morgan fingerprint density at radius 3 is 2.84 bits per heavy atom. The molecule has 2 aromatic carbocycles. The number of benzene rings is 2. The van der Waals surface area contributed by atoms with Gasteiger partial charge < -0.3 is 19.6 Å². The first kappa shape index (κ1) is 15.6. The fraction of sp³-hybridized carbons (Fsp3) is 0.250. The van der Waals surface area contributed by atoms with Gasteiger partial charge in [0.05, 0.1) is 6.42 Å². The number of aromatic amines is 1. The number of fused-ring (bicyclic) bond motifs is 2. The van der Waals surface area contributed by atoms with E-state index in [0.29, 0.717) is 11.5 Å². The summed E-state index contributed by atoms with van der Waals surface area (Å²) in [4.78, 5) is 14.9. The highest BCUT2D eigenvalue weighted by molar-refractivity contribution is 5.88. The summed E-state index contributed by atoms with van der Waals surface area (Å²) in [5.74, 6) is 0.161. The summed E-state index contributed by atoms with van der Waals surface area (Å²) in [6.07, 6.45) is 2.83. The van der Waals surface area contributed by atoms with Crippen molar-refractivity contribution in [1.29, 1.82) is 0 Å². The lowest BCUT2D eigenvalue weighted by Crippen LogP contribution is -2.08. The fourth-order valence-corrected chi connectivity index (χ4v) is 3.61. The summed E-state index contributed by atoms with van der Waals surface area (Å²) in [6.45, 7) is 2.28. The van der Waals surface area contributed by atoms with Gasteiger partial charge in [0.25, 0.3) is 0 Å². The van der Waals surface area contributed by atoms with Gasteiger partial charge in [-0.3, -0.25) is 4.79 Å². The SMILES string of the molecule is CCc1cccc2c(C(CC(=O)O)c3cccc4c3OCO4)c[nH]c12. The molecule has 0 spiro atoms. The number of nitrogens with one attached hydrogen (secondary N) is 1. The highest BCUT2D eigenvalue weighted by Crippen LogP contribution is 2.44. The van der Waals surface area contributed by atoms with Gasteiger partial charge in [-0.25, -0.2) is 0 Å². The third-order valence-electron chi connectivity index (χ3n) is 4.77. The number of aliphatic carboxylic acids is 1. The highest BCUT2D eigenvalue weighted by atomic mass is 16.7.